The van der Waals surface area contributed by atoms with Gasteiger partial charge >= 0.3 is 0 Å². The van der Waals surface area contributed by atoms with Gasteiger partial charge in [0.15, 0.2) is 5.69 Å². The lowest BCUT2D eigenvalue weighted by Gasteiger charge is -1.98. The summed E-state index contributed by atoms with van der Waals surface area (Å²) in [5.41, 5.74) is 1.40. The predicted octanol–water partition coefficient (Wildman–Crippen LogP) is 2.12. The molecule has 18 heavy (non-hydrogen) atoms. The van der Waals surface area contributed by atoms with Gasteiger partial charge in [0.2, 0.25) is 0 Å². The Hall–Kier alpha value is -2.26. The molecule has 0 spiro atoms. The third kappa shape index (κ3) is 1.75. The lowest BCUT2D eigenvalue weighted by molar-refractivity contribution is 0.703. The molecule has 0 N–H and O–H groups in total. The van der Waals surface area contributed by atoms with Crippen LogP contribution in [0, 0.1) is 18.3 Å². The van der Waals surface area contributed by atoms with Crippen LogP contribution in [0.4, 0.5) is 0 Å². The Morgan fingerprint density at radius 2 is 2.22 bits per heavy atom. The van der Waals surface area contributed by atoms with Crippen molar-refractivity contribution in [2.75, 3.05) is 0 Å². The highest BCUT2D eigenvalue weighted by molar-refractivity contribution is 7.05. The van der Waals surface area contributed by atoms with Crippen LogP contribution in [0.3, 0.4) is 0 Å². The van der Waals surface area contributed by atoms with E-state index in [-0.39, 0.29) is 0 Å². The van der Waals surface area contributed by atoms with E-state index in [1.165, 1.54) is 11.5 Å². The van der Waals surface area contributed by atoms with Crippen LogP contribution in [0.25, 0.3) is 10.9 Å². The maximum absolute atomic E-state index is 9.07. The summed E-state index contributed by atoms with van der Waals surface area (Å²) in [4.78, 5) is 4.31. The molecule has 2 aromatic heterocycles. The Kier molecular flexibility index (Phi) is 2.54. The van der Waals surface area contributed by atoms with Crippen LogP contribution in [-0.2, 0) is 6.54 Å². The van der Waals surface area contributed by atoms with E-state index < -0.39 is 0 Å². The van der Waals surface area contributed by atoms with Crippen molar-refractivity contribution in [2.24, 2.45) is 0 Å². The van der Waals surface area contributed by atoms with E-state index in [2.05, 4.69) is 20.5 Å². The molecular formula is C12H9N5S. The Balaban J connectivity index is 2.10. The van der Waals surface area contributed by atoms with Crippen LogP contribution in [0.15, 0.2) is 24.3 Å². The quantitative estimate of drug-likeness (QED) is 0.703. The fourth-order valence-corrected chi connectivity index (χ4v) is 2.49. The molecule has 0 amide bonds. The van der Waals surface area contributed by atoms with Gasteiger partial charge in [-0.1, -0.05) is 12.1 Å². The lowest BCUT2D eigenvalue weighted by Crippen LogP contribution is -2.01. The van der Waals surface area contributed by atoms with E-state index in [4.69, 9.17) is 5.26 Å². The van der Waals surface area contributed by atoms with E-state index in [1.807, 2.05) is 31.2 Å². The minimum Gasteiger partial charge on any atom is -0.257 e. The molecule has 0 saturated carbocycles. The minimum atomic E-state index is 0.451. The molecule has 0 aliphatic rings. The molecule has 88 valence electrons. The summed E-state index contributed by atoms with van der Waals surface area (Å²) in [6.07, 6.45) is 0. The number of hydrogen-bond acceptors (Lipinski definition) is 5. The highest BCUT2D eigenvalue weighted by Crippen LogP contribution is 2.19. The number of aromatic nitrogens is 4. The minimum absolute atomic E-state index is 0.451. The first-order valence-electron chi connectivity index (χ1n) is 5.43. The van der Waals surface area contributed by atoms with Crippen molar-refractivity contribution in [3.8, 4) is 6.07 Å². The van der Waals surface area contributed by atoms with Gasteiger partial charge in [-0.2, -0.15) is 14.7 Å². The Bertz CT molecular complexity index is 749. The van der Waals surface area contributed by atoms with Gasteiger partial charge in [0.25, 0.3) is 0 Å². The predicted molar refractivity (Wildman–Crippen MR) is 68.2 cm³/mol. The van der Waals surface area contributed by atoms with Gasteiger partial charge < -0.3 is 0 Å². The largest absolute Gasteiger partial charge is 0.257 e. The van der Waals surface area contributed by atoms with Crippen LogP contribution >= 0.6 is 11.5 Å². The number of rotatable bonds is 2. The van der Waals surface area contributed by atoms with Gasteiger partial charge in [-0.25, -0.2) is 4.98 Å². The fraction of sp³-hybridized carbons (Fsp3) is 0.167. The maximum Gasteiger partial charge on any atom is 0.170 e. The van der Waals surface area contributed by atoms with E-state index in [1.54, 1.807) is 4.68 Å². The number of nitriles is 1. The molecule has 1 aromatic carbocycles. The summed E-state index contributed by atoms with van der Waals surface area (Å²) in [5, 5.41) is 15.1. The van der Waals surface area contributed by atoms with Gasteiger partial charge in [0, 0.05) is 5.39 Å². The molecule has 0 aliphatic heterocycles. The second kappa shape index (κ2) is 4.20. The Labute approximate surface area is 107 Å². The highest BCUT2D eigenvalue weighted by Gasteiger charge is 2.11. The molecule has 3 rings (SSSR count). The molecule has 6 heteroatoms. The highest BCUT2D eigenvalue weighted by atomic mass is 32.1. The fourth-order valence-electron chi connectivity index (χ4n) is 1.86. The van der Waals surface area contributed by atoms with Crippen LogP contribution in [0.5, 0.6) is 0 Å². The van der Waals surface area contributed by atoms with Crippen molar-refractivity contribution in [1.82, 2.24) is 19.1 Å². The van der Waals surface area contributed by atoms with E-state index in [0.29, 0.717) is 12.2 Å². The normalized spacial score (nSPS) is 10.7. The molecule has 0 radical (unpaired) electrons. The standard InChI is InChI=1S/C12H9N5S/c1-8-14-12(18-16-8)7-17-11-5-3-2-4-9(11)10(6-13)15-17/h2-5H,7H2,1H3. The molecule has 0 fully saturated rings. The molecule has 3 aromatic rings. The summed E-state index contributed by atoms with van der Waals surface area (Å²) in [5.74, 6) is 0.770. The van der Waals surface area contributed by atoms with Crippen LogP contribution in [-0.4, -0.2) is 19.1 Å². The van der Waals surface area contributed by atoms with Gasteiger partial charge in [-0.15, -0.1) is 0 Å². The second-order valence-electron chi connectivity index (χ2n) is 3.87. The average molecular weight is 255 g/mol. The molecule has 0 bridgehead atoms. The van der Waals surface area contributed by atoms with E-state index >= 15 is 0 Å². The molecule has 0 aliphatic carbocycles. The zero-order chi connectivity index (χ0) is 12.5. The van der Waals surface area contributed by atoms with Crippen molar-refractivity contribution >= 4 is 22.4 Å². The van der Waals surface area contributed by atoms with Gasteiger partial charge in [0.05, 0.1) is 12.1 Å². The summed E-state index contributed by atoms with van der Waals surface area (Å²) in [7, 11) is 0. The topological polar surface area (TPSA) is 67.4 Å². The summed E-state index contributed by atoms with van der Waals surface area (Å²) in [6, 6.07) is 9.82. The average Bonchev–Trinajstić information content (AvgIpc) is 2.95. The van der Waals surface area contributed by atoms with Crippen LogP contribution in [0.1, 0.15) is 16.5 Å². The van der Waals surface area contributed by atoms with Crippen molar-refractivity contribution in [1.29, 1.82) is 5.26 Å². The third-order valence-electron chi connectivity index (χ3n) is 2.62. The zero-order valence-corrected chi connectivity index (χ0v) is 10.5. The molecule has 0 atom stereocenters. The van der Waals surface area contributed by atoms with Gasteiger partial charge in [-0.3, -0.25) is 4.68 Å². The third-order valence-corrected chi connectivity index (χ3v) is 3.41. The van der Waals surface area contributed by atoms with Crippen molar-refractivity contribution in [3.63, 3.8) is 0 Å². The van der Waals surface area contributed by atoms with Crippen molar-refractivity contribution < 1.29 is 0 Å². The molecule has 0 unspecified atom stereocenters. The Morgan fingerprint density at radius 3 is 2.94 bits per heavy atom. The van der Waals surface area contributed by atoms with Crippen molar-refractivity contribution in [2.45, 2.75) is 13.5 Å². The van der Waals surface area contributed by atoms with Gasteiger partial charge in [-0.05, 0) is 30.6 Å². The summed E-state index contributed by atoms with van der Waals surface area (Å²) >= 11 is 1.36. The van der Waals surface area contributed by atoms with Crippen LogP contribution in [0.2, 0.25) is 0 Å². The molecular weight excluding hydrogens is 246 g/mol. The summed E-state index contributed by atoms with van der Waals surface area (Å²) < 4.78 is 5.94. The van der Waals surface area contributed by atoms with E-state index in [9.17, 15) is 0 Å². The monoisotopic (exact) mass is 255 g/mol. The molecule has 5 nitrogen and oxygen atoms in total. The number of aryl methyl sites for hydroxylation is 1. The number of benzene rings is 1. The number of hydrogen-bond donors (Lipinski definition) is 0. The molecule has 2 heterocycles. The first kappa shape index (κ1) is 10.9. The zero-order valence-electron chi connectivity index (χ0n) is 9.66. The SMILES string of the molecule is Cc1nsc(Cn2nc(C#N)c3ccccc32)n1. The maximum atomic E-state index is 9.07. The first-order valence-corrected chi connectivity index (χ1v) is 6.20. The number of fused-ring (bicyclic) bond motifs is 1. The summed E-state index contributed by atoms with van der Waals surface area (Å²) in [6.45, 7) is 2.41. The van der Waals surface area contributed by atoms with E-state index in [0.717, 1.165) is 21.7 Å². The van der Waals surface area contributed by atoms with Crippen molar-refractivity contribution in [3.05, 3.63) is 40.8 Å². The number of para-hydroxylation sites is 1. The first-order chi connectivity index (χ1) is 8.78. The molecule has 0 saturated heterocycles. The number of nitrogens with zero attached hydrogens (tertiary/aromatic N) is 5. The van der Waals surface area contributed by atoms with Crippen LogP contribution < -0.4 is 0 Å². The Morgan fingerprint density at radius 1 is 1.39 bits per heavy atom. The van der Waals surface area contributed by atoms with Gasteiger partial charge in [0.1, 0.15) is 16.9 Å². The lowest BCUT2D eigenvalue weighted by atomic mass is 10.2. The smallest absolute Gasteiger partial charge is 0.170 e. The second-order valence-corrected chi connectivity index (χ2v) is 4.71.